The smallest absolute Gasteiger partial charge is 0.306 e. The van der Waals surface area contributed by atoms with Crippen LogP contribution in [-0.2, 0) is 9.53 Å². The summed E-state index contributed by atoms with van der Waals surface area (Å²) in [4.78, 5) is 11.4. The van der Waals surface area contributed by atoms with E-state index in [1.807, 2.05) is 61.6 Å². The summed E-state index contributed by atoms with van der Waals surface area (Å²) in [6.07, 6.45) is 22.8. The molecule has 0 fully saturated rings. The fourth-order valence-corrected chi connectivity index (χ4v) is 2.27. The van der Waals surface area contributed by atoms with Crippen molar-refractivity contribution < 1.29 is 24.9 Å². The van der Waals surface area contributed by atoms with Crippen LogP contribution in [0.5, 0.6) is 0 Å². The van der Waals surface area contributed by atoms with Gasteiger partial charge >= 0.3 is 5.97 Å². The molecule has 0 aromatic rings. The van der Waals surface area contributed by atoms with E-state index in [1.54, 1.807) is 6.08 Å². The van der Waals surface area contributed by atoms with Crippen molar-refractivity contribution in [3.05, 3.63) is 72.6 Å². The lowest BCUT2D eigenvalue weighted by atomic mass is 10.1. The number of aliphatic hydroxyl groups is 3. The molecule has 0 rings (SSSR count). The van der Waals surface area contributed by atoms with Crippen molar-refractivity contribution in [2.45, 2.75) is 71.0 Å². The Morgan fingerprint density at radius 1 is 0.933 bits per heavy atom. The zero-order chi connectivity index (χ0) is 22.5. The maximum atomic E-state index is 11.4. The maximum Gasteiger partial charge on any atom is 0.306 e. The van der Waals surface area contributed by atoms with Crippen LogP contribution in [0.4, 0.5) is 0 Å². The molecule has 0 heterocycles. The highest BCUT2D eigenvalue weighted by atomic mass is 16.5. The molecule has 2 atom stereocenters. The van der Waals surface area contributed by atoms with Gasteiger partial charge in [-0.25, -0.2) is 0 Å². The van der Waals surface area contributed by atoms with Gasteiger partial charge in [-0.1, -0.05) is 74.6 Å². The molecule has 0 aliphatic heterocycles. The van der Waals surface area contributed by atoms with Crippen molar-refractivity contribution in [3.63, 3.8) is 0 Å². The molecule has 0 saturated carbocycles. The molecular formula is C25H38O5. The molecule has 0 aromatic carbocycles. The second-order valence-corrected chi connectivity index (χ2v) is 6.75. The Balaban J connectivity index is 4.00. The van der Waals surface area contributed by atoms with Crippen molar-refractivity contribution in [1.29, 1.82) is 0 Å². The Morgan fingerprint density at radius 2 is 1.63 bits per heavy atom. The molecule has 0 amide bonds. The number of hydrogen-bond acceptors (Lipinski definition) is 5. The topological polar surface area (TPSA) is 87.0 Å². The normalized spacial score (nSPS) is 15.3. The summed E-state index contributed by atoms with van der Waals surface area (Å²) in [5, 5.41) is 29.4. The number of rotatable bonds is 16. The van der Waals surface area contributed by atoms with Crippen LogP contribution in [0.1, 0.15) is 58.8 Å². The minimum absolute atomic E-state index is 0.107. The lowest BCUT2D eigenvalue weighted by Gasteiger charge is -2.08. The standard InChI is InChI=1S/C25H38O5/c1-3-5-12-16-22(26)17-13-10-8-6-7-9-11-14-18-23(27)24(28)19-15-20-25(29)30-21-4-2/h5-13,17,19,22-23,26-28H,3-4,14-16,18,20-21H2,1-2H3/b7-6+,10-8-,11-9+,12-5-,17-13+,24-19+/t22-,23+/m1/s1. The van der Waals surface area contributed by atoms with Gasteiger partial charge in [0.05, 0.1) is 12.7 Å². The third-order valence-electron chi connectivity index (χ3n) is 3.92. The number of carbonyl (C=O) groups excluding carboxylic acids is 1. The molecule has 0 aliphatic carbocycles. The van der Waals surface area contributed by atoms with Crippen LogP contribution in [0.25, 0.3) is 0 Å². The van der Waals surface area contributed by atoms with Crippen molar-refractivity contribution in [2.75, 3.05) is 6.61 Å². The molecule has 0 radical (unpaired) electrons. The summed E-state index contributed by atoms with van der Waals surface area (Å²) in [5.41, 5.74) is 0. The summed E-state index contributed by atoms with van der Waals surface area (Å²) in [7, 11) is 0. The van der Waals surface area contributed by atoms with Crippen molar-refractivity contribution in [3.8, 4) is 0 Å². The fourth-order valence-electron chi connectivity index (χ4n) is 2.27. The average molecular weight is 419 g/mol. The fraction of sp³-hybridized carbons (Fsp3) is 0.480. The Morgan fingerprint density at radius 3 is 2.33 bits per heavy atom. The van der Waals surface area contributed by atoms with Crippen molar-refractivity contribution >= 4 is 5.97 Å². The summed E-state index contributed by atoms with van der Waals surface area (Å²) < 4.78 is 4.95. The number of carbonyl (C=O) groups is 1. The molecule has 168 valence electrons. The minimum Gasteiger partial charge on any atom is -0.510 e. The van der Waals surface area contributed by atoms with Crippen LogP contribution in [0.2, 0.25) is 0 Å². The van der Waals surface area contributed by atoms with Crippen LogP contribution >= 0.6 is 0 Å². The maximum absolute atomic E-state index is 11.4. The Bertz CT molecular complexity index is 611. The van der Waals surface area contributed by atoms with Gasteiger partial charge in [0, 0.05) is 6.42 Å². The van der Waals surface area contributed by atoms with Gasteiger partial charge < -0.3 is 20.1 Å². The minimum atomic E-state index is -0.936. The van der Waals surface area contributed by atoms with E-state index in [1.165, 1.54) is 6.08 Å². The zero-order valence-electron chi connectivity index (χ0n) is 18.3. The lowest BCUT2D eigenvalue weighted by molar-refractivity contribution is -0.143. The predicted molar refractivity (Wildman–Crippen MR) is 123 cm³/mol. The monoisotopic (exact) mass is 418 g/mol. The number of esters is 1. The van der Waals surface area contributed by atoms with Gasteiger partial charge in [-0.15, -0.1) is 0 Å². The van der Waals surface area contributed by atoms with Gasteiger partial charge in [-0.3, -0.25) is 4.79 Å². The molecule has 0 spiro atoms. The molecular weight excluding hydrogens is 380 g/mol. The highest BCUT2D eigenvalue weighted by Gasteiger charge is 2.08. The molecule has 30 heavy (non-hydrogen) atoms. The first-order valence-corrected chi connectivity index (χ1v) is 10.7. The predicted octanol–water partition coefficient (Wildman–Crippen LogP) is 5.24. The van der Waals surface area contributed by atoms with Crippen LogP contribution < -0.4 is 0 Å². The van der Waals surface area contributed by atoms with Crippen LogP contribution in [0.3, 0.4) is 0 Å². The van der Waals surface area contributed by atoms with E-state index in [-0.39, 0.29) is 18.1 Å². The van der Waals surface area contributed by atoms with Gasteiger partial charge in [0.2, 0.25) is 0 Å². The molecule has 3 N–H and O–H groups in total. The van der Waals surface area contributed by atoms with E-state index >= 15 is 0 Å². The molecule has 0 bridgehead atoms. The van der Waals surface area contributed by atoms with E-state index in [9.17, 15) is 20.1 Å². The first kappa shape index (κ1) is 27.6. The summed E-state index contributed by atoms with van der Waals surface area (Å²) in [5.74, 6) is -0.403. The Kier molecular flexibility index (Phi) is 18.4. The molecule has 0 unspecified atom stereocenters. The van der Waals surface area contributed by atoms with Gasteiger partial charge in [-0.05, 0) is 44.6 Å². The number of ether oxygens (including phenoxy) is 1. The third-order valence-corrected chi connectivity index (χ3v) is 3.92. The highest BCUT2D eigenvalue weighted by molar-refractivity contribution is 5.69. The van der Waals surface area contributed by atoms with Gasteiger partial charge in [0.1, 0.15) is 11.9 Å². The van der Waals surface area contributed by atoms with E-state index in [0.29, 0.717) is 32.3 Å². The average Bonchev–Trinajstić information content (AvgIpc) is 2.73. The van der Waals surface area contributed by atoms with Crippen LogP contribution in [0.15, 0.2) is 72.6 Å². The van der Waals surface area contributed by atoms with Gasteiger partial charge in [0.15, 0.2) is 0 Å². The van der Waals surface area contributed by atoms with E-state index in [4.69, 9.17) is 4.74 Å². The Labute approximate surface area is 181 Å². The number of aliphatic hydroxyl groups excluding tert-OH is 3. The van der Waals surface area contributed by atoms with Gasteiger partial charge in [0.25, 0.3) is 0 Å². The summed E-state index contributed by atoms with van der Waals surface area (Å²) in [6, 6.07) is 0. The largest absolute Gasteiger partial charge is 0.510 e. The summed E-state index contributed by atoms with van der Waals surface area (Å²) >= 11 is 0. The van der Waals surface area contributed by atoms with E-state index in [0.717, 1.165) is 12.8 Å². The third kappa shape index (κ3) is 17.7. The van der Waals surface area contributed by atoms with E-state index in [2.05, 4.69) is 6.92 Å². The summed E-state index contributed by atoms with van der Waals surface area (Å²) in [6.45, 7) is 4.39. The Hall–Kier alpha value is -2.37. The van der Waals surface area contributed by atoms with Gasteiger partial charge in [-0.2, -0.15) is 0 Å². The first-order chi connectivity index (χ1) is 14.5. The quantitative estimate of drug-likeness (QED) is 0.138. The van der Waals surface area contributed by atoms with Crippen molar-refractivity contribution in [2.24, 2.45) is 0 Å². The number of allylic oxidation sites excluding steroid dienone is 9. The molecule has 5 nitrogen and oxygen atoms in total. The van der Waals surface area contributed by atoms with Crippen LogP contribution in [-0.4, -0.2) is 40.1 Å². The first-order valence-electron chi connectivity index (χ1n) is 10.7. The second kappa shape index (κ2) is 19.9. The molecule has 0 aliphatic rings. The van der Waals surface area contributed by atoms with Crippen molar-refractivity contribution in [1.82, 2.24) is 0 Å². The second-order valence-electron chi connectivity index (χ2n) is 6.75. The zero-order valence-corrected chi connectivity index (χ0v) is 18.3. The number of hydrogen-bond donors (Lipinski definition) is 3. The lowest BCUT2D eigenvalue weighted by Crippen LogP contribution is -2.10. The molecule has 5 heteroatoms. The molecule has 0 saturated heterocycles. The SMILES string of the molecule is CC/C=C\C[C@@H](O)/C=C/C=C\C=C\C=C\CC[C@H](O)/C(O)=C\CCC(=O)OCCC. The highest BCUT2D eigenvalue weighted by Crippen LogP contribution is 2.09. The molecule has 0 aromatic heterocycles. The van der Waals surface area contributed by atoms with Crippen LogP contribution in [0, 0.1) is 0 Å². The van der Waals surface area contributed by atoms with E-state index < -0.39 is 12.2 Å².